The maximum Gasteiger partial charge on any atom is 0.303 e. The minimum atomic E-state index is -0.803. The van der Waals surface area contributed by atoms with Crippen LogP contribution in [0.5, 0.6) is 0 Å². The normalized spacial score (nSPS) is 10.6. The van der Waals surface area contributed by atoms with Crippen LogP contribution in [0, 0.1) is 6.92 Å². The molecule has 0 aliphatic heterocycles. The maximum atomic E-state index is 12.6. The number of unbranched alkanes of at least 4 members (excludes halogenated alkanes) is 1. The number of hydrogen-bond donors (Lipinski definition) is 1. The quantitative estimate of drug-likeness (QED) is 0.644. The fraction of sp³-hybridized carbons (Fsp3) is 0.400. The summed E-state index contributed by atoms with van der Waals surface area (Å²) in [6.07, 6.45) is 2.53. The van der Waals surface area contributed by atoms with E-state index in [9.17, 15) is 9.59 Å². The van der Waals surface area contributed by atoms with Crippen molar-refractivity contribution < 1.29 is 14.7 Å². The van der Waals surface area contributed by atoms with Gasteiger partial charge in [-0.3, -0.25) is 9.59 Å². The SMILES string of the molecule is Cc1ccc(CN(CCc2ccccc2)C(=O)CCCCC(=O)O)s1. The molecule has 0 aliphatic rings. The summed E-state index contributed by atoms with van der Waals surface area (Å²) in [4.78, 5) is 27.5. The highest BCUT2D eigenvalue weighted by Gasteiger charge is 2.15. The van der Waals surface area contributed by atoms with Gasteiger partial charge in [0.1, 0.15) is 0 Å². The number of carbonyl (C=O) groups is 2. The van der Waals surface area contributed by atoms with E-state index in [0.717, 1.165) is 6.42 Å². The smallest absolute Gasteiger partial charge is 0.303 e. The first kappa shape index (κ1) is 19.2. The van der Waals surface area contributed by atoms with Crippen LogP contribution >= 0.6 is 11.3 Å². The number of carboxylic acids is 1. The fourth-order valence-corrected chi connectivity index (χ4v) is 3.58. The molecule has 2 aromatic rings. The predicted molar refractivity (Wildman–Crippen MR) is 101 cm³/mol. The van der Waals surface area contributed by atoms with Gasteiger partial charge in [0.15, 0.2) is 0 Å². The second-order valence-corrected chi connectivity index (χ2v) is 7.54. The van der Waals surface area contributed by atoms with Gasteiger partial charge in [0.2, 0.25) is 5.91 Å². The van der Waals surface area contributed by atoms with E-state index in [1.54, 1.807) is 11.3 Å². The first-order valence-electron chi connectivity index (χ1n) is 8.63. The Kier molecular flexibility index (Phi) is 7.67. The lowest BCUT2D eigenvalue weighted by atomic mass is 10.1. The van der Waals surface area contributed by atoms with Gasteiger partial charge in [-0.2, -0.15) is 0 Å². The first-order chi connectivity index (χ1) is 12.0. The van der Waals surface area contributed by atoms with Crippen molar-refractivity contribution in [3.8, 4) is 0 Å². The van der Waals surface area contributed by atoms with Crippen molar-refractivity contribution in [2.24, 2.45) is 0 Å². The van der Waals surface area contributed by atoms with Gasteiger partial charge in [-0.25, -0.2) is 0 Å². The fourth-order valence-electron chi connectivity index (χ4n) is 2.67. The van der Waals surface area contributed by atoms with Gasteiger partial charge in [-0.05, 0) is 43.9 Å². The van der Waals surface area contributed by atoms with Gasteiger partial charge in [0.25, 0.3) is 0 Å². The molecule has 0 saturated carbocycles. The second kappa shape index (κ2) is 9.99. The van der Waals surface area contributed by atoms with Crippen LogP contribution in [-0.4, -0.2) is 28.4 Å². The Morgan fingerprint density at radius 1 is 1.04 bits per heavy atom. The third-order valence-corrected chi connectivity index (χ3v) is 5.03. The van der Waals surface area contributed by atoms with Crippen molar-refractivity contribution in [2.45, 2.75) is 45.6 Å². The average Bonchev–Trinajstić information content (AvgIpc) is 3.01. The Morgan fingerprint density at radius 2 is 1.76 bits per heavy atom. The van der Waals surface area contributed by atoms with Crippen LogP contribution in [0.3, 0.4) is 0 Å². The molecule has 134 valence electrons. The molecular formula is C20H25NO3S. The maximum absolute atomic E-state index is 12.6. The Labute approximate surface area is 153 Å². The van der Waals surface area contributed by atoms with E-state index >= 15 is 0 Å². The van der Waals surface area contributed by atoms with Crippen LogP contribution in [-0.2, 0) is 22.6 Å². The minimum absolute atomic E-state index is 0.104. The Hall–Kier alpha value is -2.14. The molecular weight excluding hydrogens is 334 g/mol. The van der Waals surface area contributed by atoms with Gasteiger partial charge >= 0.3 is 5.97 Å². The largest absolute Gasteiger partial charge is 0.481 e. The van der Waals surface area contributed by atoms with Crippen LogP contribution in [0.1, 0.15) is 41.0 Å². The van der Waals surface area contributed by atoms with E-state index < -0.39 is 5.97 Å². The number of hydrogen-bond acceptors (Lipinski definition) is 3. The van der Waals surface area contributed by atoms with Gasteiger partial charge in [-0.1, -0.05) is 30.3 Å². The Balaban J connectivity index is 1.92. The van der Waals surface area contributed by atoms with Gasteiger partial charge < -0.3 is 10.0 Å². The molecule has 0 spiro atoms. The summed E-state index contributed by atoms with van der Waals surface area (Å²) in [5.41, 5.74) is 1.22. The topological polar surface area (TPSA) is 57.6 Å². The summed E-state index contributed by atoms with van der Waals surface area (Å²) in [5.74, 6) is -0.699. The number of thiophene rings is 1. The predicted octanol–water partition coefficient (Wildman–Crippen LogP) is 4.27. The van der Waals surface area contributed by atoms with Crippen molar-refractivity contribution in [1.82, 2.24) is 4.90 Å². The molecule has 1 amide bonds. The zero-order valence-electron chi connectivity index (χ0n) is 14.6. The summed E-state index contributed by atoms with van der Waals surface area (Å²) in [7, 11) is 0. The highest BCUT2D eigenvalue weighted by atomic mass is 32.1. The first-order valence-corrected chi connectivity index (χ1v) is 9.45. The van der Waals surface area contributed by atoms with E-state index in [2.05, 4.69) is 31.2 Å². The van der Waals surface area contributed by atoms with Crippen molar-refractivity contribution in [1.29, 1.82) is 0 Å². The third kappa shape index (κ3) is 7.10. The minimum Gasteiger partial charge on any atom is -0.481 e. The highest BCUT2D eigenvalue weighted by Crippen LogP contribution is 2.18. The number of nitrogens with zero attached hydrogens (tertiary/aromatic N) is 1. The number of aryl methyl sites for hydroxylation is 1. The zero-order chi connectivity index (χ0) is 18.1. The molecule has 1 aromatic carbocycles. The molecule has 5 heteroatoms. The van der Waals surface area contributed by atoms with Gasteiger partial charge in [0, 0.05) is 29.1 Å². The van der Waals surface area contributed by atoms with Crippen LogP contribution in [0.15, 0.2) is 42.5 Å². The van der Waals surface area contributed by atoms with E-state index in [-0.39, 0.29) is 12.3 Å². The zero-order valence-corrected chi connectivity index (χ0v) is 15.4. The number of amides is 1. The second-order valence-electron chi connectivity index (χ2n) is 6.16. The number of rotatable bonds is 10. The number of carboxylic acid groups (broad SMARTS) is 1. The molecule has 0 bridgehead atoms. The molecule has 4 nitrogen and oxygen atoms in total. The van der Waals surface area contributed by atoms with Crippen molar-refractivity contribution in [2.75, 3.05) is 6.54 Å². The Bertz CT molecular complexity index is 681. The third-order valence-electron chi connectivity index (χ3n) is 4.04. The van der Waals surface area contributed by atoms with E-state index in [1.807, 2.05) is 23.1 Å². The molecule has 0 unspecified atom stereocenters. The molecule has 1 heterocycles. The van der Waals surface area contributed by atoms with Crippen LogP contribution in [0.25, 0.3) is 0 Å². The summed E-state index contributed by atoms with van der Waals surface area (Å²) in [6, 6.07) is 14.3. The van der Waals surface area contributed by atoms with Gasteiger partial charge in [-0.15, -0.1) is 11.3 Å². The van der Waals surface area contributed by atoms with Crippen molar-refractivity contribution in [3.63, 3.8) is 0 Å². The average molecular weight is 359 g/mol. The van der Waals surface area contributed by atoms with Crippen LogP contribution < -0.4 is 0 Å². The number of carbonyl (C=O) groups excluding carboxylic acids is 1. The van der Waals surface area contributed by atoms with Gasteiger partial charge in [0.05, 0.1) is 6.54 Å². The lowest BCUT2D eigenvalue weighted by Crippen LogP contribution is -2.32. The molecule has 0 fully saturated rings. The molecule has 0 aliphatic carbocycles. The molecule has 0 radical (unpaired) electrons. The molecule has 0 atom stereocenters. The van der Waals surface area contributed by atoms with Crippen LogP contribution in [0.2, 0.25) is 0 Å². The van der Waals surface area contributed by atoms with Crippen molar-refractivity contribution >= 4 is 23.2 Å². The molecule has 1 N–H and O–H groups in total. The highest BCUT2D eigenvalue weighted by molar-refractivity contribution is 7.11. The molecule has 2 rings (SSSR count). The summed E-state index contributed by atoms with van der Waals surface area (Å²) in [6.45, 7) is 3.37. The standard InChI is InChI=1S/C20H25NO3S/c1-16-11-12-18(25-16)15-21(14-13-17-7-3-2-4-8-17)19(22)9-5-6-10-20(23)24/h2-4,7-8,11-12H,5-6,9-10,13-15H2,1H3,(H,23,24). The monoisotopic (exact) mass is 359 g/mol. The lowest BCUT2D eigenvalue weighted by Gasteiger charge is -2.22. The Morgan fingerprint density at radius 3 is 2.40 bits per heavy atom. The number of aliphatic carboxylic acids is 1. The van der Waals surface area contributed by atoms with E-state index in [1.165, 1.54) is 15.3 Å². The molecule has 1 aromatic heterocycles. The van der Waals surface area contributed by atoms with Crippen LogP contribution in [0.4, 0.5) is 0 Å². The molecule has 0 saturated heterocycles. The van der Waals surface area contributed by atoms with Crippen molar-refractivity contribution in [3.05, 3.63) is 57.8 Å². The van der Waals surface area contributed by atoms with E-state index in [0.29, 0.717) is 32.4 Å². The summed E-state index contributed by atoms with van der Waals surface area (Å²) >= 11 is 1.72. The lowest BCUT2D eigenvalue weighted by molar-refractivity contribution is -0.137. The van der Waals surface area contributed by atoms with E-state index in [4.69, 9.17) is 5.11 Å². The number of benzene rings is 1. The molecule has 25 heavy (non-hydrogen) atoms. The summed E-state index contributed by atoms with van der Waals surface area (Å²) in [5, 5.41) is 8.70. The summed E-state index contributed by atoms with van der Waals surface area (Å²) < 4.78 is 0.